The number of hydrogen-bond acceptors (Lipinski definition) is 3. The van der Waals surface area contributed by atoms with Crippen LogP contribution in [-0.2, 0) is 11.3 Å². The third-order valence-corrected chi connectivity index (χ3v) is 5.13. The first-order valence-electron chi connectivity index (χ1n) is 6.96. The number of hydrogen-bond donors (Lipinski definition) is 0. The maximum absolute atomic E-state index is 12.0. The summed E-state index contributed by atoms with van der Waals surface area (Å²) in [5, 5.41) is 2.14. The molecule has 1 aromatic rings. The fraction of sp³-hybridized carbons (Fsp3) is 0.533. The summed E-state index contributed by atoms with van der Waals surface area (Å²) in [7, 11) is 0. The van der Waals surface area contributed by atoms with Crippen LogP contribution in [-0.4, -0.2) is 40.9 Å². The zero-order chi connectivity index (χ0) is 13.2. The second-order valence-corrected chi connectivity index (χ2v) is 6.38. The van der Waals surface area contributed by atoms with Gasteiger partial charge in [-0.2, -0.15) is 0 Å². The first-order chi connectivity index (χ1) is 9.29. The number of carbonyl (C=O) groups excluding carboxylic acids is 1. The Morgan fingerprint density at radius 1 is 1.42 bits per heavy atom. The summed E-state index contributed by atoms with van der Waals surface area (Å²) >= 11 is 1.82. The van der Waals surface area contributed by atoms with Crippen LogP contribution in [0.4, 0.5) is 0 Å². The Hall–Kier alpha value is -1.13. The first kappa shape index (κ1) is 12.9. The molecule has 0 aliphatic carbocycles. The highest BCUT2D eigenvalue weighted by Crippen LogP contribution is 2.32. The molecule has 2 aliphatic rings. The van der Waals surface area contributed by atoms with E-state index in [-0.39, 0.29) is 0 Å². The van der Waals surface area contributed by atoms with Gasteiger partial charge in [0.2, 0.25) is 5.91 Å². The Kier molecular flexibility index (Phi) is 3.71. The van der Waals surface area contributed by atoms with Crippen LogP contribution in [0.1, 0.15) is 24.1 Å². The van der Waals surface area contributed by atoms with Crippen molar-refractivity contribution in [2.45, 2.75) is 37.9 Å². The van der Waals surface area contributed by atoms with Gasteiger partial charge in [-0.25, -0.2) is 0 Å². The summed E-state index contributed by atoms with van der Waals surface area (Å²) < 4.78 is 0. The maximum atomic E-state index is 12.0. The molecule has 102 valence electrons. The van der Waals surface area contributed by atoms with Gasteiger partial charge in [-0.1, -0.05) is 12.1 Å². The third-order valence-electron chi connectivity index (χ3n) is 4.26. The number of amides is 1. The molecule has 2 fully saturated rings. The van der Waals surface area contributed by atoms with Crippen LogP contribution in [0.3, 0.4) is 0 Å². The number of fused-ring (bicyclic) bond motifs is 1. The smallest absolute Gasteiger partial charge is 0.223 e. The summed E-state index contributed by atoms with van der Waals surface area (Å²) in [6.45, 7) is 6.62. The minimum Gasteiger partial charge on any atom is -0.334 e. The van der Waals surface area contributed by atoms with Gasteiger partial charge in [0.05, 0.1) is 0 Å². The molecule has 3 nitrogen and oxygen atoms in total. The highest BCUT2D eigenvalue weighted by atomic mass is 32.1. The van der Waals surface area contributed by atoms with Gasteiger partial charge in [0, 0.05) is 43.0 Å². The summed E-state index contributed by atoms with van der Waals surface area (Å²) in [5.74, 6) is 0.305. The molecule has 0 unspecified atom stereocenters. The van der Waals surface area contributed by atoms with Crippen LogP contribution in [0.2, 0.25) is 0 Å². The van der Waals surface area contributed by atoms with Gasteiger partial charge in [0.1, 0.15) is 0 Å². The zero-order valence-electron chi connectivity index (χ0n) is 11.1. The molecule has 2 atom stereocenters. The number of likely N-dealkylation sites (tertiary alicyclic amines) is 2. The molecular formula is C15H20N2OS. The summed E-state index contributed by atoms with van der Waals surface area (Å²) in [4.78, 5) is 18.0. The van der Waals surface area contributed by atoms with E-state index in [1.165, 1.54) is 4.88 Å². The second kappa shape index (κ2) is 5.47. The fourth-order valence-electron chi connectivity index (χ4n) is 3.41. The number of rotatable bonds is 4. The fourth-order valence-corrected chi connectivity index (χ4v) is 4.14. The first-order valence-corrected chi connectivity index (χ1v) is 7.84. The Labute approximate surface area is 118 Å². The molecule has 3 rings (SSSR count). The van der Waals surface area contributed by atoms with E-state index in [4.69, 9.17) is 0 Å². The molecule has 3 heterocycles. The Morgan fingerprint density at radius 3 is 3.05 bits per heavy atom. The predicted molar refractivity (Wildman–Crippen MR) is 78.1 cm³/mol. The highest BCUT2D eigenvalue weighted by Gasteiger charge is 2.42. The standard InChI is InChI=1S/C15H20N2OS/c1-2-8-17-14-7-9-16(11-12-4-3-10-19-12)13(14)5-6-15(17)18/h2-4,10,13-14H,1,5-9,11H2/t13-,14-/m1/s1. The van der Waals surface area contributed by atoms with E-state index < -0.39 is 0 Å². The molecule has 1 aromatic heterocycles. The van der Waals surface area contributed by atoms with E-state index in [1.807, 2.05) is 22.3 Å². The predicted octanol–water partition coefficient (Wildman–Crippen LogP) is 2.50. The quantitative estimate of drug-likeness (QED) is 0.789. The molecule has 4 heteroatoms. The summed E-state index contributed by atoms with van der Waals surface area (Å²) in [5.41, 5.74) is 0. The maximum Gasteiger partial charge on any atom is 0.223 e. The van der Waals surface area contributed by atoms with Gasteiger partial charge in [-0.3, -0.25) is 9.69 Å². The van der Waals surface area contributed by atoms with Crippen LogP contribution in [0, 0.1) is 0 Å². The molecular weight excluding hydrogens is 256 g/mol. The average Bonchev–Trinajstić information content (AvgIpc) is 3.04. The lowest BCUT2D eigenvalue weighted by Gasteiger charge is -2.39. The Balaban J connectivity index is 1.71. The molecule has 2 saturated heterocycles. The van der Waals surface area contributed by atoms with Crippen molar-refractivity contribution in [3.63, 3.8) is 0 Å². The lowest BCUT2D eigenvalue weighted by Crippen LogP contribution is -2.52. The van der Waals surface area contributed by atoms with Crippen molar-refractivity contribution in [2.24, 2.45) is 0 Å². The van der Waals surface area contributed by atoms with E-state index >= 15 is 0 Å². The van der Waals surface area contributed by atoms with Gasteiger partial charge in [0.15, 0.2) is 0 Å². The lowest BCUT2D eigenvalue weighted by molar-refractivity contribution is -0.136. The van der Waals surface area contributed by atoms with Crippen LogP contribution in [0.15, 0.2) is 30.2 Å². The SMILES string of the molecule is C=CCN1C(=O)CC[C@@H]2[C@H]1CCN2Cc1cccs1. The molecule has 0 spiro atoms. The Morgan fingerprint density at radius 2 is 2.32 bits per heavy atom. The van der Waals surface area contributed by atoms with Crippen molar-refractivity contribution in [3.8, 4) is 0 Å². The zero-order valence-corrected chi connectivity index (χ0v) is 11.9. The van der Waals surface area contributed by atoms with Crippen LogP contribution in [0.25, 0.3) is 0 Å². The lowest BCUT2D eigenvalue weighted by atomic mass is 9.96. The number of nitrogens with zero attached hydrogens (tertiary/aromatic N) is 2. The van der Waals surface area contributed by atoms with Crippen molar-refractivity contribution in [2.75, 3.05) is 13.1 Å². The van der Waals surface area contributed by atoms with Crippen LogP contribution >= 0.6 is 11.3 Å². The molecule has 0 radical (unpaired) electrons. The number of piperidine rings is 1. The van der Waals surface area contributed by atoms with Crippen LogP contribution < -0.4 is 0 Å². The molecule has 0 aromatic carbocycles. The molecule has 1 amide bonds. The van der Waals surface area contributed by atoms with E-state index in [1.54, 1.807) is 0 Å². The van der Waals surface area contributed by atoms with E-state index in [2.05, 4.69) is 29.0 Å². The van der Waals surface area contributed by atoms with Crippen molar-refractivity contribution in [3.05, 3.63) is 35.0 Å². The number of thiophene rings is 1. The third kappa shape index (κ3) is 2.47. The largest absolute Gasteiger partial charge is 0.334 e. The molecule has 0 saturated carbocycles. The minimum atomic E-state index is 0.305. The van der Waals surface area contributed by atoms with E-state index in [0.717, 1.165) is 25.9 Å². The highest BCUT2D eigenvalue weighted by molar-refractivity contribution is 7.09. The molecule has 19 heavy (non-hydrogen) atoms. The average molecular weight is 276 g/mol. The normalized spacial score (nSPS) is 27.6. The van der Waals surface area contributed by atoms with Crippen molar-refractivity contribution >= 4 is 17.2 Å². The van der Waals surface area contributed by atoms with Gasteiger partial charge in [-0.05, 0) is 24.3 Å². The molecule has 2 aliphatic heterocycles. The monoisotopic (exact) mass is 276 g/mol. The summed E-state index contributed by atoms with van der Waals surface area (Å²) in [6.07, 6.45) is 4.66. The van der Waals surface area contributed by atoms with E-state index in [0.29, 0.717) is 31.0 Å². The van der Waals surface area contributed by atoms with Crippen molar-refractivity contribution in [1.29, 1.82) is 0 Å². The topological polar surface area (TPSA) is 23.6 Å². The minimum absolute atomic E-state index is 0.305. The van der Waals surface area contributed by atoms with Crippen LogP contribution in [0.5, 0.6) is 0 Å². The van der Waals surface area contributed by atoms with Gasteiger partial charge in [0.25, 0.3) is 0 Å². The summed E-state index contributed by atoms with van der Waals surface area (Å²) in [6, 6.07) is 5.26. The Bertz CT molecular complexity index is 457. The number of carbonyl (C=O) groups is 1. The van der Waals surface area contributed by atoms with E-state index in [9.17, 15) is 4.79 Å². The van der Waals surface area contributed by atoms with Crippen molar-refractivity contribution in [1.82, 2.24) is 9.80 Å². The molecule has 0 bridgehead atoms. The van der Waals surface area contributed by atoms with Gasteiger partial charge >= 0.3 is 0 Å². The molecule has 0 N–H and O–H groups in total. The van der Waals surface area contributed by atoms with Gasteiger partial charge < -0.3 is 4.90 Å². The second-order valence-electron chi connectivity index (χ2n) is 5.35. The van der Waals surface area contributed by atoms with Gasteiger partial charge in [-0.15, -0.1) is 17.9 Å². The van der Waals surface area contributed by atoms with Crippen molar-refractivity contribution < 1.29 is 4.79 Å².